The smallest absolute Gasteiger partial charge is 0.234 e. The number of methoxy groups -OCH3 is 1. The number of rotatable bonds is 6. The van der Waals surface area contributed by atoms with Gasteiger partial charge in [0.1, 0.15) is 40.4 Å². The van der Waals surface area contributed by atoms with Crippen molar-refractivity contribution in [3.63, 3.8) is 0 Å². The fourth-order valence-electron chi connectivity index (χ4n) is 5.69. The fourth-order valence-corrected chi connectivity index (χ4v) is 7.00. The molecule has 1 saturated heterocycles. The molecule has 2 atom stereocenters. The molecule has 10 heteroatoms. The third-order valence-electron chi connectivity index (χ3n) is 7.63. The minimum atomic E-state index is -0.998. The molecule has 206 valence electrons. The van der Waals surface area contributed by atoms with E-state index in [4.69, 9.17) is 24.4 Å². The van der Waals surface area contributed by atoms with E-state index in [-0.39, 0.29) is 11.9 Å². The molecule has 2 unspecified atom stereocenters. The molecule has 3 aromatic heterocycles. The Morgan fingerprint density at radius 2 is 1.90 bits per heavy atom. The van der Waals surface area contributed by atoms with E-state index in [0.29, 0.717) is 23.5 Å². The number of hydrogen-bond donors (Lipinski definition) is 0. The van der Waals surface area contributed by atoms with Gasteiger partial charge in [0.15, 0.2) is 0 Å². The maximum absolute atomic E-state index is 15.0. The summed E-state index contributed by atoms with van der Waals surface area (Å²) in [4.78, 5) is 15.7. The maximum Gasteiger partial charge on any atom is 0.234 e. The molecule has 2 aliphatic heterocycles. The summed E-state index contributed by atoms with van der Waals surface area (Å²) in [5.41, 5.74) is 4.19. The highest BCUT2D eigenvalue weighted by Gasteiger charge is 2.48. The molecule has 41 heavy (non-hydrogen) atoms. The van der Waals surface area contributed by atoms with Crippen LogP contribution in [0, 0.1) is 12.7 Å². The summed E-state index contributed by atoms with van der Waals surface area (Å²) >= 11 is 1.53. The largest absolute Gasteiger partial charge is 0.496 e. The summed E-state index contributed by atoms with van der Waals surface area (Å²) in [6.45, 7) is 2.63. The summed E-state index contributed by atoms with van der Waals surface area (Å²) in [6.07, 6.45) is 6.06. The van der Waals surface area contributed by atoms with Crippen LogP contribution in [0.1, 0.15) is 29.8 Å². The predicted octanol–water partition coefficient (Wildman–Crippen LogP) is 7.46. The Balaban J connectivity index is 1.44. The monoisotopic (exact) mass is 566 g/mol. The Morgan fingerprint density at radius 3 is 2.66 bits per heavy atom. The van der Waals surface area contributed by atoms with Gasteiger partial charge in [-0.15, -0.1) is 21.6 Å². The number of fused-ring (bicyclic) bond motifs is 1. The van der Waals surface area contributed by atoms with Crippen LogP contribution in [-0.2, 0) is 10.4 Å². The third kappa shape index (κ3) is 4.25. The average Bonchev–Trinajstić information content (AvgIpc) is 3.75. The fraction of sp³-hybridized carbons (Fsp3) is 0.258. The van der Waals surface area contributed by atoms with E-state index in [0.717, 1.165) is 57.4 Å². The van der Waals surface area contributed by atoms with Crippen LogP contribution in [0.3, 0.4) is 0 Å². The summed E-state index contributed by atoms with van der Waals surface area (Å²) in [5, 5.41) is 9.64. The molecule has 5 heterocycles. The molecule has 2 aromatic carbocycles. The first kappa shape index (κ1) is 25.7. The number of aromatic nitrogens is 3. The van der Waals surface area contributed by atoms with Crippen molar-refractivity contribution in [2.45, 2.75) is 38.0 Å². The number of imidazole rings is 1. The lowest BCUT2D eigenvalue weighted by atomic mass is 9.93. The number of thiazole rings is 1. The number of aliphatic imine (C=N–C) groups is 1. The number of nitrogens with zero attached hydrogens (tertiary/aromatic N) is 6. The van der Waals surface area contributed by atoms with E-state index in [2.05, 4.69) is 10.2 Å². The zero-order valence-electron chi connectivity index (χ0n) is 22.6. The van der Waals surface area contributed by atoms with E-state index in [1.165, 1.54) is 23.7 Å². The van der Waals surface area contributed by atoms with Crippen molar-refractivity contribution >= 4 is 23.3 Å². The van der Waals surface area contributed by atoms with Crippen LogP contribution in [0.15, 0.2) is 82.1 Å². The van der Waals surface area contributed by atoms with Gasteiger partial charge >= 0.3 is 0 Å². The SMILES string of the molecule is COc1cccc(F)c1-c1ccc2nc(C)c(-c3nc(-c4ccccc4)c(C4(C5CCCCO5)N=CN=N4)s3)n2c1. The van der Waals surface area contributed by atoms with Gasteiger partial charge in [0.2, 0.25) is 5.66 Å². The second-order valence-electron chi connectivity index (χ2n) is 10.1. The van der Waals surface area contributed by atoms with Crippen LogP contribution < -0.4 is 4.74 Å². The van der Waals surface area contributed by atoms with Crippen molar-refractivity contribution in [3.8, 4) is 38.8 Å². The molecule has 0 saturated carbocycles. The van der Waals surface area contributed by atoms with Crippen molar-refractivity contribution in [3.05, 3.63) is 83.2 Å². The van der Waals surface area contributed by atoms with Crippen LogP contribution in [0.5, 0.6) is 5.75 Å². The van der Waals surface area contributed by atoms with Gasteiger partial charge in [0.05, 0.1) is 28.9 Å². The first-order valence-electron chi connectivity index (χ1n) is 13.5. The topological polar surface area (TPSA) is 85.7 Å². The average molecular weight is 567 g/mol. The maximum atomic E-state index is 15.0. The Kier molecular flexibility index (Phi) is 6.44. The number of pyridine rings is 1. The highest BCUT2D eigenvalue weighted by Crippen LogP contribution is 2.48. The van der Waals surface area contributed by atoms with Crippen LogP contribution in [0.2, 0.25) is 0 Å². The molecule has 0 aliphatic carbocycles. The van der Waals surface area contributed by atoms with Crippen molar-refractivity contribution < 1.29 is 13.9 Å². The number of halogens is 1. The molecule has 0 radical (unpaired) electrons. The van der Waals surface area contributed by atoms with Gasteiger partial charge in [-0.3, -0.25) is 4.40 Å². The summed E-state index contributed by atoms with van der Waals surface area (Å²) in [5.74, 6) is 0.105. The molecule has 0 bridgehead atoms. The van der Waals surface area contributed by atoms with Gasteiger partial charge in [-0.25, -0.2) is 19.4 Å². The lowest BCUT2D eigenvalue weighted by Gasteiger charge is -2.33. The van der Waals surface area contributed by atoms with Crippen molar-refractivity contribution in [2.24, 2.45) is 15.2 Å². The van der Waals surface area contributed by atoms with Crippen molar-refractivity contribution in [2.75, 3.05) is 13.7 Å². The van der Waals surface area contributed by atoms with Crippen LogP contribution in [-0.4, -0.2) is 40.5 Å². The van der Waals surface area contributed by atoms with E-state index in [1.807, 2.05) is 60.0 Å². The van der Waals surface area contributed by atoms with Crippen LogP contribution >= 0.6 is 11.3 Å². The Labute approximate surface area is 240 Å². The van der Waals surface area contributed by atoms with E-state index < -0.39 is 5.66 Å². The number of hydrogen-bond acceptors (Lipinski definition) is 8. The van der Waals surface area contributed by atoms with Gasteiger partial charge in [-0.2, -0.15) is 0 Å². The van der Waals surface area contributed by atoms with Crippen LogP contribution in [0.4, 0.5) is 4.39 Å². The normalized spacial score (nSPS) is 20.2. The molecule has 5 aromatic rings. The third-order valence-corrected chi connectivity index (χ3v) is 8.81. The Hall–Kier alpha value is -4.28. The van der Waals surface area contributed by atoms with Gasteiger partial charge < -0.3 is 9.47 Å². The molecule has 7 rings (SSSR count). The minimum Gasteiger partial charge on any atom is -0.496 e. The number of azo groups is 1. The second-order valence-corrected chi connectivity index (χ2v) is 11.1. The quantitative estimate of drug-likeness (QED) is 0.213. The number of aryl methyl sites for hydroxylation is 1. The van der Waals surface area contributed by atoms with E-state index >= 15 is 4.39 Å². The van der Waals surface area contributed by atoms with Crippen molar-refractivity contribution in [1.29, 1.82) is 0 Å². The Bertz CT molecular complexity index is 1790. The Morgan fingerprint density at radius 1 is 1.02 bits per heavy atom. The molecule has 2 aliphatic rings. The zero-order valence-corrected chi connectivity index (χ0v) is 23.4. The number of ether oxygens (including phenoxy) is 2. The highest BCUT2D eigenvalue weighted by molar-refractivity contribution is 7.15. The first-order valence-corrected chi connectivity index (χ1v) is 14.4. The molecule has 0 N–H and O–H groups in total. The molecule has 0 spiro atoms. The molecule has 8 nitrogen and oxygen atoms in total. The molecular formula is C31H27FN6O2S. The van der Waals surface area contributed by atoms with E-state index in [1.54, 1.807) is 19.2 Å². The number of benzene rings is 2. The van der Waals surface area contributed by atoms with Crippen LogP contribution in [0.25, 0.3) is 38.7 Å². The highest BCUT2D eigenvalue weighted by atomic mass is 32.1. The minimum absolute atomic E-state index is 0.238. The van der Waals surface area contributed by atoms with Crippen molar-refractivity contribution in [1.82, 2.24) is 14.4 Å². The van der Waals surface area contributed by atoms with Gasteiger partial charge in [-0.1, -0.05) is 36.4 Å². The summed E-state index contributed by atoms with van der Waals surface area (Å²) < 4.78 is 28.7. The molecule has 1 fully saturated rings. The predicted molar refractivity (Wildman–Crippen MR) is 157 cm³/mol. The van der Waals surface area contributed by atoms with Gasteiger partial charge in [0.25, 0.3) is 0 Å². The molecule has 0 amide bonds. The van der Waals surface area contributed by atoms with Gasteiger partial charge in [0, 0.05) is 23.9 Å². The lowest BCUT2D eigenvalue weighted by Crippen LogP contribution is -2.39. The lowest BCUT2D eigenvalue weighted by molar-refractivity contribution is -0.0305. The summed E-state index contributed by atoms with van der Waals surface area (Å²) in [6, 6.07) is 18.6. The zero-order chi connectivity index (χ0) is 28.0. The second kappa shape index (κ2) is 10.3. The van der Waals surface area contributed by atoms with Gasteiger partial charge in [-0.05, 0) is 50.5 Å². The summed E-state index contributed by atoms with van der Waals surface area (Å²) in [7, 11) is 1.54. The molecular weight excluding hydrogens is 539 g/mol. The van der Waals surface area contributed by atoms with E-state index in [9.17, 15) is 0 Å². The standard InChI is InChI=1S/C31H27FN6O2S/c1-19-28(38-17-21(14-15-25(38)35-19)26-22(32)11-8-12-23(26)39-2)30-36-27(20-9-4-3-5-10-20)29(41-30)31(33-18-34-37-31)24-13-6-7-16-40-24/h3-5,8-12,14-15,17-18,24H,6-7,13,16H2,1-2H3. The first-order chi connectivity index (χ1) is 20.1.